The number of hydrogen-bond acceptors (Lipinski definition) is 5. The maximum absolute atomic E-state index is 13.2. The summed E-state index contributed by atoms with van der Waals surface area (Å²) in [5.74, 6) is -0.623. The van der Waals surface area contributed by atoms with Gasteiger partial charge in [0.2, 0.25) is 5.91 Å². The number of allylic oxidation sites excluding steroid dienone is 20. The Bertz CT molecular complexity index is 1410. The summed E-state index contributed by atoms with van der Waals surface area (Å²) in [6.07, 6.45) is 74.1. The highest BCUT2D eigenvalue weighted by atomic mass is 16.5. The zero-order valence-electron chi connectivity index (χ0n) is 43.2. The molecule has 1 amide bonds. The molecule has 0 aromatic rings. The van der Waals surface area contributed by atoms with Crippen LogP contribution in [0.15, 0.2) is 122 Å². The maximum Gasteiger partial charge on any atom is 0.306 e. The Balaban J connectivity index is 4.72. The van der Waals surface area contributed by atoms with Crippen LogP contribution in [0.4, 0.5) is 0 Å². The van der Waals surface area contributed by atoms with Gasteiger partial charge in [-0.25, -0.2) is 0 Å². The minimum Gasteiger partial charge on any atom is -0.462 e. The Hall–Kier alpha value is -3.74. The van der Waals surface area contributed by atoms with Crippen molar-refractivity contribution < 1.29 is 24.5 Å². The number of carbonyl (C=O) groups excluding carboxylic acids is 2. The van der Waals surface area contributed by atoms with Crippen LogP contribution in [0.1, 0.15) is 226 Å². The number of aliphatic hydroxyl groups excluding tert-OH is 2. The third kappa shape index (κ3) is 48.5. The number of unbranched alkanes of at least 4 members (excludes halogenated alkanes) is 18. The monoisotopic (exact) mass is 928 g/mol. The summed E-state index contributed by atoms with van der Waals surface area (Å²) < 4.78 is 5.88. The van der Waals surface area contributed by atoms with E-state index in [0.717, 1.165) is 89.9 Å². The summed E-state index contributed by atoms with van der Waals surface area (Å²) in [6, 6.07) is -0.738. The van der Waals surface area contributed by atoms with Crippen molar-refractivity contribution in [2.75, 3.05) is 6.61 Å². The zero-order chi connectivity index (χ0) is 48.8. The van der Waals surface area contributed by atoms with Gasteiger partial charge in [-0.2, -0.15) is 0 Å². The molecule has 0 heterocycles. The normalized spacial score (nSPS) is 14.2. The molecule has 6 nitrogen and oxygen atoms in total. The molecule has 0 aromatic carbocycles. The second-order valence-electron chi connectivity index (χ2n) is 18.0. The molecule has 0 saturated heterocycles. The summed E-state index contributed by atoms with van der Waals surface area (Å²) in [5.41, 5.74) is 0. The van der Waals surface area contributed by atoms with Crippen LogP contribution in [0, 0.1) is 0 Å². The van der Waals surface area contributed by atoms with E-state index in [-0.39, 0.29) is 31.3 Å². The van der Waals surface area contributed by atoms with Crippen molar-refractivity contribution in [2.45, 2.75) is 244 Å². The van der Waals surface area contributed by atoms with Crippen LogP contribution in [0.25, 0.3) is 0 Å². The molecule has 0 radical (unpaired) electrons. The molecule has 3 unspecified atom stereocenters. The molecule has 0 fully saturated rings. The van der Waals surface area contributed by atoms with E-state index in [0.29, 0.717) is 19.3 Å². The molecule has 0 aliphatic heterocycles. The van der Waals surface area contributed by atoms with Crippen LogP contribution in [-0.2, 0) is 14.3 Å². The van der Waals surface area contributed by atoms with Crippen LogP contribution in [0.2, 0.25) is 0 Å². The van der Waals surface area contributed by atoms with Crippen LogP contribution in [0.5, 0.6) is 0 Å². The van der Waals surface area contributed by atoms with E-state index in [4.69, 9.17) is 4.74 Å². The van der Waals surface area contributed by atoms with E-state index >= 15 is 0 Å². The number of ether oxygens (including phenoxy) is 1. The number of nitrogens with one attached hydrogen (secondary N) is 1. The molecule has 67 heavy (non-hydrogen) atoms. The second kappa shape index (κ2) is 53.2. The van der Waals surface area contributed by atoms with Gasteiger partial charge >= 0.3 is 5.97 Å². The lowest BCUT2D eigenvalue weighted by atomic mass is 10.0. The highest BCUT2D eigenvalue weighted by molar-refractivity contribution is 5.77. The molecule has 6 heteroatoms. The van der Waals surface area contributed by atoms with Gasteiger partial charge in [-0.3, -0.25) is 9.59 Å². The Morgan fingerprint density at radius 2 is 0.881 bits per heavy atom. The predicted molar refractivity (Wildman–Crippen MR) is 291 cm³/mol. The molecule has 0 aromatic heterocycles. The van der Waals surface area contributed by atoms with E-state index in [9.17, 15) is 19.8 Å². The largest absolute Gasteiger partial charge is 0.462 e. The molecule has 0 saturated carbocycles. The number of hydrogen-bond donors (Lipinski definition) is 3. The van der Waals surface area contributed by atoms with Crippen molar-refractivity contribution in [3.63, 3.8) is 0 Å². The smallest absolute Gasteiger partial charge is 0.306 e. The third-order valence-corrected chi connectivity index (χ3v) is 11.6. The van der Waals surface area contributed by atoms with Gasteiger partial charge in [0.25, 0.3) is 0 Å². The van der Waals surface area contributed by atoms with Crippen LogP contribution < -0.4 is 5.32 Å². The second-order valence-corrected chi connectivity index (χ2v) is 18.0. The number of esters is 1. The van der Waals surface area contributed by atoms with E-state index in [1.165, 1.54) is 83.5 Å². The third-order valence-electron chi connectivity index (χ3n) is 11.6. The van der Waals surface area contributed by atoms with Crippen LogP contribution in [-0.4, -0.2) is 46.9 Å². The fraction of sp³-hybridized carbons (Fsp3) is 0.639. The minimum absolute atomic E-state index is 0.0135. The number of amides is 1. The summed E-state index contributed by atoms with van der Waals surface area (Å²) in [7, 11) is 0. The van der Waals surface area contributed by atoms with Crippen LogP contribution >= 0.6 is 0 Å². The lowest BCUT2D eigenvalue weighted by Crippen LogP contribution is -2.46. The quantitative estimate of drug-likeness (QED) is 0.0245. The first-order valence-corrected chi connectivity index (χ1v) is 27.3. The lowest BCUT2D eigenvalue weighted by Gasteiger charge is -2.24. The maximum atomic E-state index is 13.2. The Kier molecular flexibility index (Phi) is 50.2. The molecule has 3 atom stereocenters. The first kappa shape index (κ1) is 63.3. The SMILES string of the molecule is CC/C=C\C/C=C\C/C=C\C/C=C\C/C=C\C/C=C\CCC(=O)OC(CCCCC\C=C/C=C/C=C/C=C/CC)CC(=O)NC(CO)C(O)CCCCCCCCCCCCCCCCCC. The summed E-state index contributed by atoms with van der Waals surface area (Å²) in [5, 5.41) is 23.8. The van der Waals surface area contributed by atoms with Crippen molar-refractivity contribution in [1.82, 2.24) is 5.32 Å². The van der Waals surface area contributed by atoms with Gasteiger partial charge in [-0.1, -0.05) is 251 Å². The topological polar surface area (TPSA) is 95.9 Å². The summed E-state index contributed by atoms with van der Waals surface area (Å²) in [6.45, 7) is 6.20. The van der Waals surface area contributed by atoms with Crippen molar-refractivity contribution >= 4 is 11.9 Å². The zero-order valence-corrected chi connectivity index (χ0v) is 43.2. The van der Waals surface area contributed by atoms with Gasteiger partial charge in [-0.15, -0.1) is 0 Å². The first-order valence-electron chi connectivity index (χ1n) is 27.3. The number of aliphatic hydroxyl groups is 2. The van der Waals surface area contributed by atoms with E-state index in [1.807, 2.05) is 36.5 Å². The highest BCUT2D eigenvalue weighted by Gasteiger charge is 2.24. The molecule has 3 N–H and O–H groups in total. The lowest BCUT2D eigenvalue weighted by molar-refractivity contribution is -0.150. The molecule has 0 aliphatic rings. The summed E-state index contributed by atoms with van der Waals surface area (Å²) in [4.78, 5) is 26.2. The van der Waals surface area contributed by atoms with E-state index < -0.39 is 18.2 Å². The van der Waals surface area contributed by atoms with Crippen LogP contribution in [0.3, 0.4) is 0 Å². The van der Waals surface area contributed by atoms with Gasteiger partial charge in [-0.05, 0) is 83.5 Å². The molecule has 380 valence electrons. The fourth-order valence-corrected chi connectivity index (χ4v) is 7.58. The minimum atomic E-state index is -0.820. The van der Waals surface area contributed by atoms with Crippen molar-refractivity contribution in [1.29, 1.82) is 0 Å². The average molecular weight is 928 g/mol. The first-order chi connectivity index (χ1) is 33.0. The van der Waals surface area contributed by atoms with Crippen molar-refractivity contribution in [3.8, 4) is 0 Å². The predicted octanol–water partition coefficient (Wildman–Crippen LogP) is 16.8. The Morgan fingerprint density at radius 3 is 1.37 bits per heavy atom. The van der Waals surface area contributed by atoms with Gasteiger partial charge in [0.1, 0.15) is 6.10 Å². The van der Waals surface area contributed by atoms with E-state index in [1.54, 1.807) is 0 Å². The molecule has 0 spiro atoms. The van der Waals surface area contributed by atoms with E-state index in [2.05, 4.69) is 111 Å². The number of carbonyl (C=O) groups is 2. The Morgan fingerprint density at radius 1 is 0.463 bits per heavy atom. The summed E-state index contributed by atoms with van der Waals surface area (Å²) >= 11 is 0. The number of rotatable bonds is 47. The molecule has 0 rings (SSSR count). The molecular formula is C61H101NO5. The van der Waals surface area contributed by atoms with Gasteiger partial charge in [0.15, 0.2) is 0 Å². The Labute approximate surface area is 412 Å². The van der Waals surface area contributed by atoms with Crippen molar-refractivity contribution in [2.24, 2.45) is 0 Å². The molecular weight excluding hydrogens is 827 g/mol. The van der Waals surface area contributed by atoms with Gasteiger partial charge in [0, 0.05) is 6.42 Å². The average Bonchev–Trinajstić information content (AvgIpc) is 3.32. The fourth-order valence-electron chi connectivity index (χ4n) is 7.58. The van der Waals surface area contributed by atoms with Crippen molar-refractivity contribution in [3.05, 3.63) is 122 Å². The van der Waals surface area contributed by atoms with Gasteiger partial charge in [0.05, 0.1) is 25.2 Å². The highest BCUT2D eigenvalue weighted by Crippen LogP contribution is 2.17. The standard InChI is InChI=1S/C61H101NO5/c1-4-7-10-13-16-19-22-25-27-29-30-31-33-36-39-42-45-48-51-54-61(66)67-57(52-49-46-43-40-37-34-24-21-18-15-12-9-6-3)55-60(65)62-58(56-63)59(64)53-50-47-44-41-38-35-32-28-26-23-20-17-14-11-8-5-2/h7,9-10,12,15-16,18-19,21,24-25,27,30-31,34,36-37,39,45,48,57-59,63-64H,4-6,8,11,13-14,17,20,22-23,26,28-29,32-33,35,38,40-44,46-47,49-56H2,1-3H3,(H,62,65)/b10-7-,12-9+,18-15+,19-16-,24-21+,27-25-,31-30-,37-34-,39-36-,48-45-. The van der Waals surface area contributed by atoms with Gasteiger partial charge < -0.3 is 20.3 Å². The molecule has 0 bridgehead atoms. The molecule has 0 aliphatic carbocycles.